The number of ether oxygens (including phenoxy) is 1. The first-order valence-electron chi connectivity index (χ1n) is 6.06. The van der Waals surface area contributed by atoms with Gasteiger partial charge in [0, 0.05) is 6.92 Å². The van der Waals surface area contributed by atoms with Gasteiger partial charge in [0.15, 0.2) is 11.5 Å². The minimum Gasteiger partial charge on any atom is -0.463 e. The lowest BCUT2D eigenvalue weighted by Gasteiger charge is -2.03. The first-order valence-corrected chi connectivity index (χ1v) is 7.05. The SMILES string of the molecule is CCCCOC(=O)CON=C(C(C)=O)C(=O)SCC. The van der Waals surface area contributed by atoms with Crippen LogP contribution < -0.4 is 0 Å². The number of esters is 1. The van der Waals surface area contributed by atoms with Crippen molar-refractivity contribution in [3.8, 4) is 0 Å². The van der Waals surface area contributed by atoms with Crippen LogP contribution in [0.3, 0.4) is 0 Å². The van der Waals surface area contributed by atoms with E-state index in [1.54, 1.807) is 6.92 Å². The fraction of sp³-hybridized carbons (Fsp3) is 0.667. The van der Waals surface area contributed by atoms with Crippen LogP contribution in [0.15, 0.2) is 5.16 Å². The van der Waals surface area contributed by atoms with Gasteiger partial charge in [-0.2, -0.15) is 0 Å². The molecule has 0 atom stereocenters. The summed E-state index contributed by atoms with van der Waals surface area (Å²) in [6, 6.07) is 0. The van der Waals surface area contributed by atoms with Gasteiger partial charge in [0.2, 0.25) is 11.7 Å². The van der Waals surface area contributed by atoms with Gasteiger partial charge in [-0.15, -0.1) is 0 Å². The van der Waals surface area contributed by atoms with E-state index in [1.165, 1.54) is 6.92 Å². The molecule has 0 unspecified atom stereocenters. The summed E-state index contributed by atoms with van der Waals surface area (Å²) in [7, 11) is 0. The number of oxime groups is 1. The van der Waals surface area contributed by atoms with E-state index < -0.39 is 23.5 Å². The lowest BCUT2D eigenvalue weighted by molar-refractivity contribution is -0.149. The van der Waals surface area contributed by atoms with Gasteiger partial charge in [-0.05, 0) is 12.2 Å². The van der Waals surface area contributed by atoms with Gasteiger partial charge in [0.1, 0.15) is 0 Å². The second-order valence-electron chi connectivity index (χ2n) is 3.56. The average Bonchev–Trinajstić information content (AvgIpc) is 2.34. The maximum absolute atomic E-state index is 11.5. The van der Waals surface area contributed by atoms with Crippen LogP contribution in [0.4, 0.5) is 0 Å². The first kappa shape index (κ1) is 17.6. The average molecular weight is 289 g/mol. The van der Waals surface area contributed by atoms with E-state index in [0.717, 1.165) is 24.6 Å². The predicted octanol–water partition coefficient (Wildman–Crippen LogP) is 1.57. The monoisotopic (exact) mass is 289 g/mol. The normalized spacial score (nSPS) is 11.0. The number of unbranched alkanes of at least 4 members (excludes halogenated alkanes) is 1. The molecule has 0 aromatic rings. The van der Waals surface area contributed by atoms with Crippen LogP contribution >= 0.6 is 11.8 Å². The molecule has 108 valence electrons. The molecule has 0 saturated heterocycles. The summed E-state index contributed by atoms with van der Waals surface area (Å²) in [4.78, 5) is 38.5. The standard InChI is InChI=1S/C12H19NO5S/c1-4-6-7-17-10(15)8-18-13-11(9(3)14)12(16)19-5-2/h4-8H2,1-3H3. The van der Waals surface area contributed by atoms with E-state index in [4.69, 9.17) is 4.74 Å². The molecule has 6 nitrogen and oxygen atoms in total. The fourth-order valence-electron chi connectivity index (χ4n) is 0.966. The Labute approximate surface area is 116 Å². The molecule has 0 aliphatic rings. The van der Waals surface area contributed by atoms with Gasteiger partial charge in [-0.25, -0.2) is 4.79 Å². The Hall–Kier alpha value is -1.37. The van der Waals surface area contributed by atoms with Crippen molar-refractivity contribution in [3.63, 3.8) is 0 Å². The molecule has 0 fully saturated rings. The maximum Gasteiger partial charge on any atom is 0.347 e. The van der Waals surface area contributed by atoms with Crippen molar-refractivity contribution in [2.75, 3.05) is 19.0 Å². The highest BCUT2D eigenvalue weighted by molar-refractivity contribution is 8.15. The number of carbonyl (C=O) groups excluding carboxylic acids is 3. The Kier molecular flexibility index (Phi) is 9.78. The molecule has 0 aromatic heterocycles. The van der Waals surface area contributed by atoms with E-state index in [-0.39, 0.29) is 5.71 Å². The highest BCUT2D eigenvalue weighted by Gasteiger charge is 2.17. The Morgan fingerprint density at radius 2 is 1.89 bits per heavy atom. The van der Waals surface area contributed by atoms with Crippen LogP contribution in [0.1, 0.15) is 33.6 Å². The summed E-state index contributed by atoms with van der Waals surface area (Å²) in [6.45, 7) is 4.89. The van der Waals surface area contributed by atoms with Crippen molar-refractivity contribution in [3.05, 3.63) is 0 Å². The molecule has 0 spiro atoms. The van der Waals surface area contributed by atoms with E-state index in [1.807, 2.05) is 6.92 Å². The van der Waals surface area contributed by atoms with Crippen LogP contribution in [0, 0.1) is 0 Å². The summed E-state index contributed by atoms with van der Waals surface area (Å²) in [5.41, 5.74) is -0.298. The van der Waals surface area contributed by atoms with Crippen molar-refractivity contribution in [2.45, 2.75) is 33.6 Å². The third kappa shape index (κ3) is 8.36. The van der Waals surface area contributed by atoms with E-state index in [0.29, 0.717) is 12.4 Å². The molecule has 0 rings (SSSR count). The molecule has 7 heteroatoms. The van der Waals surface area contributed by atoms with Crippen LogP contribution in [0.2, 0.25) is 0 Å². The predicted molar refractivity (Wildman–Crippen MR) is 73.1 cm³/mol. The zero-order valence-corrected chi connectivity index (χ0v) is 12.2. The van der Waals surface area contributed by atoms with Crippen molar-refractivity contribution in [1.82, 2.24) is 0 Å². The lowest BCUT2D eigenvalue weighted by Crippen LogP contribution is -2.21. The molecule has 0 aliphatic carbocycles. The Morgan fingerprint density at radius 3 is 2.42 bits per heavy atom. The minimum absolute atomic E-state index is 0.298. The number of rotatable bonds is 9. The number of thioether (sulfide) groups is 1. The van der Waals surface area contributed by atoms with Crippen molar-refractivity contribution >= 4 is 34.3 Å². The molecular weight excluding hydrogens is 270 g/mol. The summed E-state index contributed by atoms with van der Waals surface area (Å²) in [5, 5.41) is 2.94. The number of ketones is 1. The summed E-state index contributed by atoms with van der Waals surface area (Å²) >= 11 is 0.957. The number of Topliss-reactive ketones (excluding diaryl/α,β-unsaturated/α-hetero) is 1. The van der Waals surface area contributed by atoms with Crippen molar-refractivity contribution in [1.29, 1.82) is 0 Å². The van der Waals surface area contributed by atoms with Gasteiger partial charge in [-0.3, -0.25) is 9.59 Å². The second kappa shape index (κ2) is 10.5. The van der Waals surface area contributed by atoms with E-state index >= 15 is 0 Å². The van der Waals surface area contributed by atoms with Crippen LogP contribution in [0.25, 0.3) is 0 Å². The van der Waals surface area contributed by atoms with Crippen LogP contribution in [0.5, 0.6) is 0 Å². The molecule has 19 heavy (non-hydrogen) atoms. The summed E-state index contributed by atoms with van der Waals surface area (Å²) < 4.78 is 4.82. The zero-order valence-electron chi connectivity index (χ0n) is 11.4. The van der Waals surface area contributed by atoms with Gasteiger partial charge in [0.25, 0.3) is 0 Å². The van der Waals surface area contributed by atoms with Crippen LogP contribution in [-0.4, -0.2) is 41.5 Å². The molecule has 0 heterocycles. The fourth-order valence-corrected chi connectivity index (χ4v) is 1.55. The smallest absolute Gasteiger partial charge is 0.347 e. The Morgan fingerprint density at radius 1 is 1.21 bits per heavy atom. The molecule has 0 saturated carbocycles. The zero-order chi connectivity index (χ0) is 14.7. The lowest BCUT2D eigenvalue weighted by atomic mass is 10.3. The van der Waals surface area contributed by atoms with Gasteiger partial charge in [-0.1, -0.05) is 37.2 Å². The maximum atomic E-state index is 11.5. The number of carbonyl (C=O) groups is 3. The topological polar surface area (TPSA) is 82.0 Å². The quantitative estimate of drug-likeness (QED) is 0.211. The number of hydrogen-bond donors (Lipinski definition) is 0. The molecular formula is C12H19NO5S. The Bertz CT molecular complexity index is 354. The van der Waals surface area contributed by atoms with Crippen LogP contribution in [-0.2, 0) is 24.0 Å². The second-order valence-corrected chi connectivity index (χ2v) is 4.80. The molecule has 0 bridgehead atoms. The third-order valence-corrected chi connectivity index (χ3v) is 2.65. The molecule has 0 N–H and O–H groups in total. The van der Waals surface area contributed by atoms with Gasteiger partial charge < -0.3 is 9.57 Å². The summed E-state index contributed by atoms with van der Waals surface area (Å²) in [6.07, 6.45) is 1.70. The minimum atomic E-state index is -0.573. The summed E-state index contributed by atoms with van der Waals surface area (Å²) in [5.74, 6) is -0.537. The van der Waals surface area contributed by atoms with E-state index in [9.17, 15) is 14.4 Å². The molecule has 0 aliphatic heterocycles. The number of nitrogens with zero attached hydrogens (tertiary/aromatic N) is 1. The highest BCUT2D eigenvalue weighted by Crippen LogP contribution is 2.04. The largest absolute Gasteiger partial charge is 0.463 e. The third-order valence-electron chi connectivity index (χ3n) is 1.90. The molecule has 0 aromatic carbocycles. The molecule has 0 amide bonds. The van der Waals surface area contributed by atoms with Gasteiger partial charge >= 0.3 is 5.97 Å². The number of hydrogen-bond acceptors (Lipinski definition) is 7. The first-order chi connectivity index (χ1) is 9.02. The van der Waals surface area contributed by atoms with E-state index in [2.05, 4.69) is 9.99 Å². The van der Waals surface area contributed by atoms with Crippen molar-refractivity contribution in [2.24, 2.45) is 5.16 Å². The highest BCUT2D eigenvalue weighted by atomic mass is 32.2. The van der Waals surface area contributed by atoms with Crippen molar-refractivity contribution < 1.29 is 24.0 Å². The molecule has 0 radical (unpaired) electrons. The Balaban J connectivity index is 4.21. The van der Waals surface area contributed by atoms with Gasteiger partial charge in [0.05, 0.1) is 6.61 Å².